The molecule has 19 heavy (non-hydrogen) atoms. The van der Waals surface area contributed by atoms with Gasteiger partial charge < -0.3 is 9.47 Å². The Balaban J connectivity index is 2.17. The Morgan fingerprint density at radius 3 is 2.11 bits per heavy atom. The molecule has 4 nitrogen and oxygen atoms in total. The first-order valence-electron chi connectivity index (χ1n) is 6.44. The highest BCUT2D eigenvalue weighted by Crippen LogP contribution is 2.48. The maximum absolute atomic E-state index is 12.5. The molecule has 2 bridgehead atoms. The number of methoxy groups -OCH3 is 2. The summed E-state index contributed by atoms with van der Waals surface area (Å²) in [4.78, 5) is 25.0. The second kappa shape index (κ2) is 4.08. The Hall–Kier alpha value is -1.84. The summed E-state index contributed by atoms with van der Waals surface area (Å²) in [5.41, 5.74) is 2.45. The maximum Gasteiger partial charge on any atom is 0.228 e. The third-order valence-electron chi connectivity index (χ3n) is 4.31. The molecule has 0 aromatic heterocycles. The molecule has 0 saturated heterocycles. The minimum absolute atomic E-state index is 0.0462. The lowest BCUT2D eigenvalue weighted by Crippen LogP contribution is -2.38. The van der Waals surface area contributed by atoms with Gasteiger partial charge in [0.05, 0.1) is 14.2 Å². The zero-order chi connectivity index (χ0) is 13.7. The van der Waals surface area contributed by atoms with Crippen LogP contribution >= 0.6 is 0 Å². The molecule has 2 atom stereocenters. The van der Waals surface area contributed by atoms with Crippen molar-refractivity contribution in [3.8, 4) is 0 Å². The summed E-state index contributed by atoms with van der Waals surface area (Å²) in [6.07, 6.45) is 3.98. The molecular weight excluding hydrogens is 244 g/mol. The van der Waals surface area contributed by atoms with Gasteiger partial charge in [-0.15, -0.1) is 0 Å². The van der Waals surface area contributed by atoms with Crippen LogP contribution in [0.15, 0.2) is 34.3 Å². The van der Waals surface area contributed by atoms with Crippen LogP contribution in [0.4, 0.5) is 0 Å². The fraction of sp³-hybridized carbons (Fsp3) is 0.467. The second-order valence-electron chi connectivity index (χ2n) is 5.20. The van der Waals surface area contributed by atoms with E-state index in [9.17, 15) is 9.59 Å². The highest BCUT2D eigenvalue weighted by Gasteiger charge is 2.46. The van der Waals surface area contributed by atoms with Crippen molar-refractivity contribution in [3.63, 3.8) is 0 Å². The van der Waals surface area contributed by atoms with Crippen LogP contribution in [0, 0.1) is 11.8 Å². The van der Waals surface area contributed by atoms with Crippen LogP contribution in [0.1, 0.15) is 19.8 Å². The van der Waals surface area contributed by atoms with Gasteiger partial charge in [-0.3, -0.25) is 9.59 Å². The number of Topliss-reactive ketones (excluding diaryl/α,β-unsaturated/α-hetero) is 2. The van der Waals surface area contributed by atoms with Gasteiger partial charge in [0.2, 0.25) is 23.1 Å². The van der Waals surface area contributed by atoms with E-state index in [2.05, 4.69) is 6.08 Å². The molecule has 0 spiro atoms. The van der Waals surface area contributed by atoms with Gasteiger partial charge in [-0.2, -0.15) is 0 Å². The van der Waals surface area contributed by atoms with E-state index in [4.69, 9.17) is 9.47 Å². The van der Waals surface area contributed by atoms with Crippen molar-refractivity contribution in [2.75, 3.05) is 14.2 Å². The predicted molar refractivity (Wildman–Crippen MR) is 68.1 cm³/mol. The van der Waals surface area contributed by atoms with Crippen LogP contribution < -0.4 is 0 Å². The fourth-order valence-corrected chi connectivity index (χ4v) is 3.47. The molecular formula is C15H16O4. The third kappa shape index (κ3) is 1.46. The monoisotopic (exact) mass is 260 g/mol. The van der Waals surface area contributed by atoms with Gasteiger partial charge in [-0.25, -0.2) is 0 Å². The number of allylic oxidation sites excluding steroid dienone is 4. The average molecular weight is 260 g/mol. The van der Waals surface area contributed by atoms with E-state index in [1.165, 1.54) is 19.8 Å². The standard InChI is InChI=1S/C15H16O4/c1-7-6-8-4-5-9(7)11-10(8)12(16)14(18-2)15(19-3)13(11)17/h6,8-9H,4-5H2,1-3H3/t8-,9+/m0/s1. The lowest BCUT2D eigenvalue weighted by molar-refractivity contribution is -0.122. The smallest absolute Gasteiger partial charge is 0.228 e. The van der Waals surface area contributed by atoms with Crippen molar-refractivity contribution in [2.45, 2.75) is 19.8 Å². The normalized spacial score (nSPS) is 29.5. The molecule has 0 amide bonds. The van der Waals surface area contributed by atoms with Gasteiger partial charge in [-0.1, -0.05) is 11.6 Å². The predicted octanol–water partition coefficient (Wildman–Crippen LogP) is 1.93. The van der Waals surface area contributed by atoms with E-state index >= 15 is 0 Å². The molecule has 0 saturated carbocycles. The Morgan fingerprint density at radius 2 is 1.58 bits per heavy atom. The minimum Gasteiger partial charge on any atom is -0.489 e. The van der Waals surface area contributed by atoms with Crippen molar-refractivity contribution in [1.29, 1.82) is 0 Å². The van der Waals surface area contributed by atoms with Crippen molar-refractivity contribution in [2.24, 2.45) is 11.8 Å². The van der Waals surface area contributed by atoms with Gasteiger partial charge in [0.15, 0.2) is 0 Å². The topological polar surface area (TPSA) is 52.6 Å². The molecule has 4 aliphatic carbocycles. The third-order valence-corrected chi connectivity index (χ3v) is 4.31. The van der Waals surface area contributed by atoms with E-state index in [1.807, 2.05) is 6.92 Å². The summed E-state index contributed by atoms with van der Waals surface area (Å²) in [5.74, 6) is -0.153. The van der Waals surface area contributed by atoms with Crippen LogP contribution in [-0.4, -0.2) is 25.8 Å². The van der Waals surface area contributed by atoms with Crippen molar-refractivity contribution >= 4 is 11.6 Å². The van der Waals surface area contributed by atoms with Crippen molar-refractivity contribution in [3.05, 3.63) is 34.3 Å². The van der Waals surface area contributed by atoms with Crippen LogP contribution in [0.5, 0.6) is 0 Å². The number of hydrogen-bond acceptors (Lipinski definition) is 4. The summed E-state index contributed by atoms with van der Waals surface area (Å²) in [5, 5.41) is 0. The lowest BCUT2D eigenvalue weighted by atomic mass is 9.64. The van der Waals surface area contributed by atoms with Gasteiger partial charge in [-0.05, 0) is 19.8 Å². The Morgan fingerprint density at radius 1 is 1.00 bits per heavy atom. The number of hydrogen-bond donors (Lipinski definition) is 0. The van der Waals surface area contributed by atoms with Gasteiger partial charge in [0.1, 0.15) is 0 Å². The number of ether oxygens (including phenoxy) is 2. The first-order valence-corrected chi connectivity index (χ1v) is 6.44. The van der Waals surface area contributed by atoms with Gasteiger partial charge >= 0.3 is 0 Å². The van der Waals surface area contributed by atoms with E-state index < -0.39 is 0 Å². The average Bonchev–Trinajstić information content (AvgIpc) is 2.42. The van der Waals surface area contributed by atoms with E-state index in [0.717, 1.165) is 12.8 Å². The van der Waals surface area contributed by atoms with Crippen LogP contribution in [-0.2, 0) is 19.1 Å². The second-order valence-corrected chi connectivity index (χ2v) is 5.20. The first kappa shape index (κ1) is 12.2. The first-order chi connectivity index (χ1) is 9.10. The SMILES string of the molecule is COC1=C(OC)C(=O)C2=C(C1=O)[C@@H]1CC[C@H]2C=C1C. The molecule has 4 heteroatoms. The summed E-state index contributed by atoms with van der Waals surface area (Å²) in [6, 6.07) is 0. The highest BCUT2D eigenvalue weighted by molar-refractivity contribution is 6.24. The van der Waals surface area contributed by atoms with Gasteiger partial charge in [0, 0.05) is 23.0 Å². The lowest BCUT2D eigenvalue weighted by Gasteiger charge is -2.39. The van der Waals surface area contributed by atoms with Crippen molar-refractivity contribution < 1.29 is 19.1 Å². The molecule has 0 heterocycles. The van der Waals surface area contributed by atoms with Crippen LogP contribution in [0.3, 0.4) is 0 Å². The zero-order valence-electron chi connectivity index (χ0n) is 11.3. The zero-order valence-corrected chi connectivity index (χ0v) is 11.3. The quantitative estimate of drug-likeness (QED) is 0.562. The molecule has 4 rings (SSSR count). The number of carbonyl (C=O) groups is 2. The Labute approximate surface area is 111 Å². The van der Waals surface area contributed by atoms with E-state index in [1.54, 1.807) is 0 Å². The number of carbonyl (C=O) groups excluding carboxylic acids is 2. The maximum atomic E-state index is 12.5. The van der Waals surface area contributed by atoms with E-state index in [-0.39, 0.29) is 34.9 Å². The largest absolute Gasteiger partial charge is 0.489 e. The number of fused-ring (bicyclic) bond motifs is 1. The Bertz CT molecular complexity index is 577. The minimum atomic E-state index is -0.188. The molecule has 0 aromatic carbocycles. The summed E-state index contributed by atoms with van der Waals surface area (Å²) < 4.78 is 10.2. The summed E-state index contributed by atoms with van der Waals surface area (Å²) in [7, 11) is 2.79. The molecule has 4 aliphatic rings. The Kier molecular flexibility index (Phi) is 2.62. The molecule has 0 unspecified atom stereocenters. The summed E-state index contributed by atoms with van der Waals surface area (Å²) >= 11 is 0. The summed E-state index contributed by atoms with van der Waals surface area (Å²) in [6.45, 7) is 2.03. The van der Waals surface area contributed by atoms with Crippen LogP contribution in [0.2, 0.25) is 0 Å². The number of rotatable bonds is 2. The molecule has 0 fully saturated rings. The molecule has 100 valence electrons. The molecule has 0 aromatic rings. The van der Waals surface area contributed by atoms with Crippen LogP contribution in [0.25, 0.3) is 0 Å². The van der Waals surface area contributed by atoms with E-state index in [0.29, 0.717) is 11.1 Å². The fourth-order valence-electron chi connectivity index (χ4n) is 3.47. The molecule has 0 radical (unpaired) electrons. The van der Waals surface area contributed by atoms with Crippen molar-refractivity contribution in [1.82, 2.24) is 0 Å². The number of ketones is 2. The van der Waals surface area contributed by atoms with Gasteiger partial charge in [0.25, 0.3) is 0 Å². The highest BCUT2D eigenvalue weighted by atomic mass is 16.5. The molecule has 0 N–H and O–H groups in total. The molecule has 0 aliphatic heterocycles.